The molecule has 0 aromatic rings. The van der Waals surface area contributed by atoms with Crippen LogP contribution in [0.2, 0.25) is 0 Å². The van der Waals surface area contributed by atoms with Crippen molar-refractivity contribution < 1.29 is 21.7 Å². The van der Waals surface area contributed by atoms with Gasteiger partial charge in [0.15, 0.2) is 0 Å². The first-order chi connectivity index (χ1) is 9.40. The van der Waals surface area contributed by atoms with Gasteiger partial charge in [0.25, 0.3) is 0 Å². The molecule has 0 aromatic heterocycles. The van der Waals surface area contributed by atoms with E-state index in [2.05, 4.69) is 41.5 Å². The molecule has 0 saturated heterocycles. The maximum atomic E-state index is 2.42. The van der Waals surface area contributed by atoms with Crippen LogP contribution in [-0.2, 0) is 21.7 Å². The normalized spacial score (nSPS) is 24.0. The second-order valence-corrected chi connectivity index (χ2v) is 12.3. The molecule has 0 radical (unpaired) electrons. The molecule has 1 saturated carbocycles. The van der Waals surface area contributed by atoms with Crippen LogP contribution >= 0.6 is 17.2 Å². The zero-order valence-corrected chi connectivity index (χ0v) is 20.8. The third-order valence-electron chi connectivity index (χ3n) is 4.63. The van der Waals surface area contributed by atoms with Crippen LogP contribution in [0.4, 0.5) is 0 Å². The van der Waals surface area contributed by atoms with Gasteiger partial charge in [0.1, 0.15) is 0 Å². The molecular weight excluding hydrogens is 350 g/mol. The van der Waals surface area contributed by atoms with Gasteiger partial charge < -0.3 is 14.9 Å². The molecule has 1 aliphatic carbocycles. The van der Waals surface area contributed by atoms with E-state index >= 15 is 0 Å². The molecule has 0 nitrogen and oxygen atoms in total. The second-order valence-electron chi connectivity index (χ2n) is 7.68. The van der Waals surface area contributed by atoms with E-state index in [1.165, 1.54) is 42.8 Å². The molecule has 4 atom stereocenters. The topological polar surface area (TPSA) is 0 Å². The Bertz CT molecular complexity index is 240. The molecule has 23 heavy (non-hydrogen) atoms. The van der Waals surface area contributed by atoms with Crippen molar-refractivity contribution >= 4 is 17.2 Å². The van der Waals surface area contributed by atoms with Gasteiger partial charge in [0, 0.05) is 0 Å². The summed E-state index contributed by atoms with van der Waals surface area (Å²) in [5.74, 6) is 0. The van der Waals surface area contributed by atoms with Crippen LogP contribution in [0.3, 0.4) is 0 Å². The summed E-state index contributed by atoms with van der Waals surface area (Å²) in [6.45, 7) is 14.5. The van der Waals surface area contributed by atoms with Crippen molar-refractivity contribution in [2.45, 2.75) is 109 Å². The van der Waals surface area contributed by atoms with Crippen molar-refractivity contribution in [3.8, 4) is 0 Å². The largest absolute Gasteiger partial charge is 2.00 e. The van der Waals surface area contributed by atoms with E-state index in [-0.39, 0.29) is 36.6 Å². The molecule has 0 aromatic carbocycles. The minimum atomic E-state index is 0. The fourth-order valence-electron chi connectivity index (χ4n) is 4.43. The van der Waals surface area contributed by atoms with E-state index in [1.54, 1.807) is 19.3 Å². The predicted octanol–water partition coefficient (Wildman–Crippen LogP) is 7.57. The molecule has 3 heteroatoms. The minimum absolute atomic E-state index is 0. The molecule has 0 amide bonds. The van der Waals surface area contributed by atoms with Crippen LogP contribution in [-0.4, -0.2) is 22.6 Å². The van der Waals surface area contributed by atoms with E-state index in [4.69, 9.17) is 0 Å². The first kappa shape index (κ1) is 29.3. The van der Waals surface area contributed by atoms with Crippen molar-refractivity contribution in [2.24, 2.45) is 5.41 Å². The van der Waals surface area contributed by atoms with Gasteiger partial charge in [-0.25, -0.2) is 0 Å². The number of hydrogen-bond acceptors (Lipinski definition) is 0. The number of hydrogen-bond donors (Lipinski definition) is 0. The molecule has 1 aliphatic rings. The smallest absolute Gasteiger partial charge is 0.358 e. The first-order valence-corrected chi connectivity index (χ1v) is 11.2. The maximum Gasteiger partial charge on any atom is 2.00 e. The van der Waals surface area contributed by atoms with Crippen LogP contribution in [0.1, 0.15) is 86.5 Å². The van der Waals surface area contributed by atoms with Crippen molar-refractivity contribution in [3.05, 3.63) is 14.9 Å². The number of rotatable bonds is 8. The Morgan fingerprint density at radius 2 is 1.17 bits per heavy atom. The van der Waals surface area contributed by atoms with E-state index in [0.717, 1.165) is 22.6 Å². The van der Waals surface area contributed by atoms with Gasteiger partial charge in [0.2, 0.25) is 0 Å². The molecule has 0 heterocycles. The summed E-state index contributed by atoms with van der Waals surface area (Å²) in [5, 5.41) is 0. The van der Waals surface area contributed by atoms with Crippen molar-refractivity contribution in [2.75, 3.05) is 0 Å². The second kappa shape index (κ2) is 14.7. The summed E-state index contributed by atoms with van der Waals surface area (Å²) in [7, 11) is 2.40. The van der Waals surface area contributed by atoms with Gasteiger partial charge in [-0.2, -0.15) is 0 Å². The summed E-state index contributed by atoms with van der Waals surface area (Å²) in [5.41, 5.74) is 4.60. The first-order valence-electron chi connectivity index (χ1n) is 8.93. The van der Waals surface area contributed by atoms with E-state index < -0.39 is 0 Å². The predicted molar refractivity (Wildman–Crippen MR) is 113 cm³/mol. The van der Waals surface area contributed by atoms with E-state index in [1.807, 2.05) is 0 Å². The van der Waals surface area contributed by atoms with Crippen LogP contribution in [0.25, 0.3) is 0 Å². The molecule has 0 bridgehead atoms. The van der Waals surface area contributed by atoms with Gasteiger partial charge in [0.05, 0.1) is 0 Å². The third kappa shape index (κ3) is 11.0. The standard InChI is InChI=1S/C18H38P2.2CH3.Ti/c1-7-9-18(10-8-2)12-16(19-14(3)4)11-17(13-18)20-15(5)6;;;/h14-17,19-20H,7-13H2,1-6H3;2*1H3;/q;2*-1;+2. The van der Waals surface area contributed by atoms with E-state index in [0.29, 0.717) is 5.41 Å². The van der Waals surface area contributed by atoms with Crippen molar-refractivity contribution in [1.29, 1.82) is 0 Å². The summed E-state index contributed by atoms with van der Waals surface area (Å²) in [4.78, 5) is 0. The molecule has 1 rings (SSSR count). The maximum absolute atomic E-state index is 2.42. The van der Waals surface area contributed by atoms with Gasteiger partial charge in [-0.1, -0.05) is 54.4 Å². The quantitative estimate of drug-likeness (QED) is 0.226. The van der Waals surface area contributed by atoms with Gasteiger partial charge in [-0.05, 0) is 60.2 Å². The summed E-state index contributed by atoms with van der Waals surface area (Å²) < 4.78 is 0. The zero-order valence-electron chi connectivity index (χ0n) is 17.3. The Labute approximate surface area is 168 Å². The molecule has 0 aliphatic heterocycles. The zero-order chi connectivity index (χ0) is 15.2. The molecule has 4 unspecified atom stereocenters. The van der Waals surface area contributed by atoms with Crippen LogP contribution in [0.15, 0.2) is 0 Å². The third-order valence-corrected chi connectivity index (χ3v) is 7.78. The monoisotopic (exact) mass is 394 g/mol. The summed E-state index contributed by atoms with van der Waals surface area (Å²) >= 11 is 0. The Morgan fingerprint density at radius 3 is 1.43 bits per heavy atom. The Hall–Kier alpha value is 1.57. The van der Waals surface area contributed by atoms with Crippen molar-refractivity contribution in [1.82, 2.24) is 0 Å². The fourth-order valence-corrected chi connectivity index (χ4v) is 8.49. The average Bonchev–Trinajstić information content (AvgIpc) is 2.26. The minimum Gasteiger partial charge on any atom is -0.358 e. The van der Waals surface area contributed by atoms with Gasteiger partial charge >= 0.3 is 21.7 Å². The Kier molecular flexibility index (Phi) is 18.8. The molecular formula is C20H44P2Ti. The van der Waals surface area contributed by atoms with Gasteiger partial charge in [-0.15, -0.1) is 17.2 Å². The average molecular weight is 394 g/mol. The van der Waals surface area contributed by atoms with Crippen LogP contribution < -0.4 is 0 Å². The van der Waals surface area contributed by atoms with Crippen LogP contribution in [0.5, 0.6) is 0 Å². The van der Waals surface area contributed by atoms with Gasteiger partial charge in [-0.3, -0.25) is 0 Å². The SMILES string of the molecule is CCCC1(CCC)CC(PC(C)C)CC(PC(C)C)C1.[CH3-].[CH3-].[Ti+2]. The molecule has 138 valence electrons. The Balaban J connectivity index is -0.00000133. The van der Waals surface area contributed by atoms with E-state index in [9.17, 15) is 0 Å². The van der Waals surface area contributed by atoms with Crippen molar-refractivity contribution in [3.63, 3.8) is 0 Å². The summed E-state index contributed by atoms with van der Waals surface area (Å²) in [6, 6.07) is 0. The van der Waals surface area contributed by atoms with Crippen LogP contribution in [0, 0.1) is 20.3 Å². The molecule has 0 N–H and O–H groups in total. The molecule has 0 spiro atoms. The fraction of sp³-hybridized carbons (Fsp3) is 0.900. The summed E-state index contributed by atoms with van der Waals surface area (Å²) in [6.07, 6.45) is 10.4. The Morgan fingerprint density at radius 1 is 0.826 bits per heavy atom. The molecule has 1 fully saturated rings.